The van der Waals surface area contributed by atoms with Gasteiger partial charge in [-0.05, 0) is 30.5 Å². The second-order valence-electron chi connectivity index (χ2n) is 4.82. The largest absolute Gasteiger partial charge is 0.377 e. The second-order valence-corrected chi connectivity index (χ2v) is 7.10. The van der Waals surface area contributed by atoms with Crippen molar-refractivity contribution < 1.29 is 17.5 Å². The van der Waals surface area contributed by atoms with Crippen LogP contribution in [0.25, 0.3) is 0 Å². The van der Waals surface area contributed by atoms with E-state index >= 15 is 0 Å². The Bertz CT molecular complexity index is 573. The fraction of sp³-hybridized carbons (Fsp3) is 0.538. The van der Waals surface area contributed by atoms with Crippen LogP contribution < -0.4 is 0 Å². The Morgan fingerprint density at radius 2 is 2.25 bits per heavy atom. The predicted octanol–water partition coefficient (Wildman–Crippen LogP) is 2.36. The van der Waals surface area contributed by atoms with Crippen LogP contribution in [0.2, 0.25) is 0 Å². The van der Waals surface area contributed by atoms with Crippen molar-refractivity contribution in [3.63, 3.8) is 0 Å². The molecule has 0 radical (unpaired) electrons. The standard InChI is InChI=1S/C13H17ClFNO3S/c1-16(9-11-3-2-6-19-11)20(17,18)13-5-4-10(8-14)7-12(13)15/h4-5,7,11H,2-3,6,8-9H2,1H3. The van der Waals surface area contributed by atoms with E-state index in [0.717, 1.165) is 23.2 Å². The average molecular weight is 322 g/mol. The number of ether oxygens (including phenoxy) is 1. The number of hydrogen-bond acceptors (Lipinski definition) is 3. The van der Waals surface area contributed by atoms with Crippen LogP contribution in [-0.4, -0.2) is 39.0 Å². The molecule has 1 heterocycles. The number of halogens is 2. The first-order chi connectivity index (χ1) is 9.45. The molecule has 1 unspecified atom stereocenters. The molecule has 20 heavy (non-hydrogen) atoms. The first kappa shape index (κ1) is 15.7. The van der Waals surface area contributed by atoms with Crippen LogP contribution in [0.15, 0.2) is 23.1 Å². The van der Waals surface area contributed by atoms with Gasteiger partial charge in [0.1, 0.15) is 10.7 Å². The number of likely N-dealkylation sites (N-methyl/N-ethyl adjacent to an activating group) is 1. The highest BCUT2D eigenvalue weighted by atomic mass is 35.5. The highest BCUT2D eigenvalue weighted by Gasteiger charge is 2.28. The Kier molecular flexibility index (Phi) is 5.01. The monoisotopic (exact) mass is 321 g/mol. The smallest absolute Gasteiger partial charge is 0.245 e. The first-order valence-corrected chi connectivity index (χ1v) is 8.35. The van der Waals surface area contributed by atoms with Gasteiger partial charge in [0, 0.05) is 26.1 Å². The molecule has 1 aromatic rings. The molecule has 0 aliphatic carbocycles. The van der Waals surface area contributed by atoms with Crippen LogP contribution in [0, 0.1) is 5.82 Å². The molecule has 0 amide bonds. The molecule has 1 aliphatic rings. The maximum Gasteiger partial charge on any atom is 0.245 e. The molecule has 0 aromatic heterocycles. The van der Waals surface area contributed by atoms with Gasteiger partial charge in [0.2, 0.25) is 10.0 Å². The van der Waals surface area contributed by atoms with Gasteiger partial charge in [0.25, 0.3) is 0 Å². The molecular formula is C13H17ClFNO3S. The predicted molar refractivity (Wildman–Crippen MR) is 74.7 cm³/mol. The van der Waals surface area contributed by atoms with Gasteiger partial charge in [0.15, 0.2) is 0 Å². The van der Waals surface area contributed by atoms with E-state index in [9.17, 15) is 12.8 Å². The van der Waals surface area contributed by atoms with Gasteiger partial charge in [-0.2, -0.15) is 4.31 Å². The number of nitrogens with zero attached hydrogens (tertiary/aromatic N) is 1. The molecule has 7 heteroatoms. The maximum absolute atomic E-state index is 13.9. The molecule has 0 spiro atoms. The minimum Gasteiger partial charge on any atom is -0.377 e. The van der Waals surface area contributed by atoms with E-state index < -0.39 is 15.8 Å². The number of alkyl halides is 1. The van der Waals surface area contributed by atoms with E-state index in [2.05, 4.69) is 0 Å². The van der Waals surface area contributed by atoms with E-state index in [1.54, 1.807) is 0 Å². The van der Waals surface area contributed by atoms with Gasteiger partial charge >= 0.3 is 0 Å². The summed E-state index contributed by atoms with van der Waals surface area (Å²) in [5.41, 5.74) is 0.546. The highest BCUT2D eigenvalue weighted by molar-refractivity contribution is 7.89. The Morgan fingerprint density at radius 3 is 2.80 bits per heavy atom. The van der Waals surface area contributed by atoms with Crippen LogP contribution in [-0.2, 0) is 20.6 Å². The minimum atomic E-state index is -3.85. The summed E-state index contributed by atoms with van der Waals surface area (Å²) in [6.07, 6.45) is 1.64. The SMILES string of the molecule is CN(CC1CCCO1)S(=O)(=O)c1ccc(CCl)cc1F. The van der Waals surface area contributed by atoms with Crippen molar-refractivity contribution in [2.75, 3.05) is 20.2 Å². The molecule has 1 aromatic carbocycles. The molecule has 1 fully saturated rings. The zero-order valence-corrected chi connectivity index (χ0v) is 12.8. The lowest BCUT2D eigenvalue weighted by molar-refractivity contribution is 0.0978. The first-order valence-electron chi connectivity index (χ1n) is 6.37. The summed E-state index contributed by atoms with van der Waals surface area (Å²) in [4.78, 5) is -0.327. The fourth-order valence-corrected chi connectivity index (χ4v) is 3.59. The van der Waals surface area contributed by atoms with E-state index in [1.165, 1.54) is 19.2 Å². The number of benzene rings is 1. The molecular weight excluding hydrogens is 305 g/mol. The van der Waals surface area contributed by atoms with Gasteiger partial charge in [0.05, 0.1) is 6.10 Å². The summed E-state index contributed by atoms with van der Waals surface area (Å²) >= 11 is 5.60. The van der Waals surface area contributed by atoms with Crippen molar-refractivity contribution in [2.45, 2.75) is 29.7 Å². The van der Waals surface area contributed by atoms with Gasteiger partial charge in [-0.3, -0.25) is 0 Å². The summed E-state index contributed by atoms with van der Waals surface area (Å²) in [6.45, 7) is 0.885. The van der Waals surface area contributed by atoms with Gasteiger partial charge in [-0.1, -0.05) is 6.07 Å². The Hall–Kier alpha value is -0.690. The molecule has 1 atom stereocenters. The van der Waals surface area contributed by atoms with Crippen molar-refractivity contribution in [3.05, 3.63) is 29.6 Å². The van der Waals surface area contributed by atoms with E-state index in [1.807, 2.05) is 0 Å². The molecule has 112 valence electrons. The highest BCUT2D eigenvalue weighted by Crippen LogP contribution is 2.22. The Labute approximate surface area is 123 Å². The lowest BCUT2D eigenvalue weighted by Gasteiger charge is -2.20. The summed E-state index contributed by atoms with van der Waals surface area (Å²) in [5, 5.41) is 0. The van der Waals surface area contributed by atoms with Crippen molar-refractivity contribution in [2.24, 2.45) is 0 Å². The van der Waals surface area contributed by atoms with Crippen molar-refractivity contribution in [1.29, 1.82) is 0 Å². The molecule has 1 saturated heterocycles. The summed E-state index contributed by atoms with van der Waals surface area (Å²) in [5.74, 6) is -0.634. The lowest BCUT2D eigenvalue weighted by atomic mass is 10.2. The van der Waals surface area contributed by atoms with Gasteiger partial charge in [-0.25, -0.2) is 12.8 Å². The number of sulfonamides is 1. The topological polar surface area (TPSA) is 46.6 Å². The third kappa shape index (κ3) is 3.31. The lowest BCUT2D eigenvalue weighted by Crippen LogP contribution is -2.34. The third-order valence-corrected chi connectivity index (χ3v) is 5.49. The van der Waals surface area contributed by atoms with E-state index in [-0.39, 0.29) is 23.4 Å². The normalized spacial score (nSPS) is 19.7. The van der Waals surface area contributed by atoms with Crippen molar-refractivity contribution >= 4 is 21.6 Å². The third-order valence-electron chi connectivity index (χ3n) is 3.32. The zero-order valence-electron chi connectivity index (χ0n) is 11.2. The minimum absolute atomic E-state index is 0.111. The molecule has 0 N–H and O–H groups in total. The maximum atomic E-state index is 13.9. The second kappa shape index (κ2) is 6.39. The number of hydrogen-bond donors (Lipinski definition) is 0. The molecule has 4 nitrogen and oxygen atoms in total. The zero-order chi connectivity index (χ0) is 14.8. The van der Waals surface area contributed by atoms with Crippen LogP contribution in [0.5, 0.6) is 0 Å². The van der Waals surface area contributed by atoms with Crippen LogP contribution >= 0.6 is 11.6 Å². The van der Waals surface area contributed by atoms with Crippen LogP contribution in [0.4, 0.5) is 4.39 Å². The fourth-order valence-electron chi connectivity index (χ4n) is 2.18. The Morgan fingerprint density at radius 1 is 1.50 bits per heavy atom. The van der Waals surface area contributed by atoms with Gasteiger partial charge < -0.3 is 4.74 Å². The van der Waals surface area contributed by atoms with Crippen LogP contribution in [0.3, 0.4) is 0 Å². The summed E-state index contributed by atoms with van der Waals surface area (Å²) < 4.78 is 45.1. The average Bonchev–Trinajstić information content (AvgIpc) is 2.91. The molecule has 0 bridgehead atoms. The quantitative estimate of drug-likeness (QED) is 0.782. The molecule has 1 aliphatic heterocycles. The summed E-state index contributed by atoms with van der Waals surface area (Å²) in [6, 6.07) is 3.93. The Balaban J connectivity index is 2.20. The summed E-state index contributed by atoms with van der Waals surface area (Å²) in [7, 11) is -2.41. The molecule has 0 saturated carbocycles. The molecule has 2 rings (SSSR count). The van der Waals surface area contributed by atoms with Crippen molar-refractivity contribution in [1.82, 2.24) is 4.31 Å². The van der Waals surface area contributed by atoms with Crippen LogP contribution in [0.1, 0.15) is 18.4 Å². The van der Waals surface area contributed by atoms with E-state index in [0.29, 0.717) is 12.2 Å². The van der Waals surface area contributed by atoms with Gasteiger partial charge in [-0.15, -0.1) is 11.6 Å². The number of rotatable bonds is 5. The van der Waals surface area contributed by atoms with E-state index in [4.69, 9.17) is 16.3 Å². The van der Waals surface area contributed by atoms with Crippen molar-refractivity contribution in [3.8, 4) is 0 Å².